The number of carbonyl (C=O) groups is 1. The van der Waals surface area contributed by atoms with Gasteiger partial charge < -0.3 is 0 Å². The summed E-state index contributed by atoms with van der Waals surface area (Å²) >= 11 is 10.6. The molecule has 0 saturated carbocycles. The van der Waals surface area contributed by atoms with Gasteiger partial charge in [-0.2, -0.15) is 0 Å². The summed E-state index contributed by atoms with van der Waals surface area (Å²) in [6.45, 7) is 2.29. The molecule has 3 nitrogen and oxygen atoms in total. The molecule has 0 aromatic heterocycles. The Morgan fingerprint density at radius 3 is 2.50 bits per heavy atom. The molecule has 0 aliphatic heterocycles. The van der Waals surface area contributed by atoms with Crippen molar-refractivity contribution in [2.45, 2.75) is 32.2 Å². The molecule has 2 N–H and O–H groups in total. The fraction of sp³-hybridized carbons (Fsp3) is 0.857. The summed E-state index contributed by atoms with van der Waals surface area (Å²) in [6.07, 6.45) is 2.65. The lowest BCUT2D eigenvalue weighted by Gasteiger charge is -2.09. The minimum Gasteiger partial charge on any atom is -0.298 e. The molecule has 72 valence electrons. The zero-order chi connectivity index (χ0) is 9.40. The Hall–Kier alpha value is 0.170. The molecule has 0 aliphatic carbocycles. The molecular formula is C7H14Cl2N2O. The van der Waals surface area contributed by atoms with Gasteiger partial charge in [0, 0.05) is 6.54 Å². The second-order valence-corrected chi connectivity index (χ2v) is 3.14. The number of unbranched alkanes of at least 4 members (excludes halogenated alkanes) is 1. The summed E-state index contributed by atoms with van der Waals surface area (Å²) in [5.41, 5.74) is 0. The van der Waals surface area contributed by atoms with E-state index in [1.165, 1.54) is 6.92 Å². The van der Waals surface area contributed by atoms with Gasteiger partial charge in [0.15, 0.2) is 0 Å². The minimum atomic E-state index is -0.220. The molecule has 5 heteroatoms. The van der Waals surface area contributed by atoms with E-state index in [1.807, 2.05) is 0 Å². The highest BCUT2D eigenvalue weighted by atomic mass is 35.5. The van der Waals surface area contributed by atoms with Gasteiger partial charge in [-0.15, -0.1) is 0 Å². The van der Waals surface area contributed by atoms with Crippen LogP contribution in [0.2, 0.25) is 0 Å². The van der Waals surface area contributed by atoms with Crippen LogP contribution in [-0.2, 0) is 4.79 Å². The fourth-order valence-corrected chi connectivity index (χ4v) is 1.27. The number of nitrogens with one attached hydrogen (secondary N) is 2. The molecule has 0 aromatic rings. The molecule has 0 spiro atoms. The van der Waals surface area contributed by atoms with E-state index < -0.39 is 0 Å². The Morgan fingerprint density at radius 2 is 2.08 bits per heavy atom. The first-order valence-corrected chi connectivity index (χ1v) is 4.68. The van der Waals surface area contributed by atoms with E-state index in [-0.39, 0.29) is 11.8 Å². The lowest BCUT2D eigenvalue weighted by atomic mass is 10.1. The van der Waals surface area contributed by atoms with Crippen molar-refractivity contribution in [3.05, 3.63) is 0 Å². The number of ketones is 1. The van der Waals surface area contributed by atoms with Crippen LogP contribution in [0.15, 0.2) is 0 Å². The quantitative estimate of drug-likeness (QED) is 0.498. The standard InChI is InChI=1S/C7H14Cl2N2O/c1-6(12)7(11-9)4-2-3-5-10-8/h7,10-11H,2-5H2,1H3/t7-/m0/s1. The maximum absolute atomic E-state index is 10.9. The summed E-state index contributed by atoms with van der Waals surface area (Å²) in [7, 11) is 0. The molecular weight excluding hydrogens is 199 g/mol. The topological polar surface area (TPSA) is 41.1 Å². The molecule has 0 aromatic carbocycles. The summed E-state index contributed by atoms with van der Waals surface area (Å²) in [6, 6.07) is -0.220. The lowest BCUT2D eigenvalue weighted by Crippen LogP contribution is -2.28. The summed E-state index contributed by atoms with van der Waals surface area (Å²) < 4.78 is 0. The molecule has 0 heterocycles. The second-order valence-electron chi connectivity index (χ2n) is 2.65. The van der Waals surface area contributed by atoms with Gasteiger partial charge in [-0.05, 0) is 43.3 Å². The van der Waals surface area contributed by atoms with Gasteiger partial charge in [0.25, 0.3) is 0 Å². The predicted octanol–water partition coefficient (Wildman–Crippen LogP) is 1.60. The van der Waals surface area contributed by atoms with Crippen molar-refractivity contribution in [2.24, 2.45) is 0 Å². The zero-order valence-electron chi connectivity index (χ0n) is 7.07. The smallest absolute Gasteiger partial charge is 0.147 e. The largest absolute Gasteiger partial charge is 0.298 e. The SMILES string of the molecule is CC(=O)[C@H](CCCCNCl)NCl. The third-order valence-corrected chi connectivity index (χ3v) is 2.09. The third kappa shape index (κ3) is 5.77. The molecule has 12 heavy (non-hydrogen) atoms. The molecule has 0 aliphatic rings. The number of rotatable bonds is 7. The van der Waals surface area contributed by atoms with Crippen LogP contribution in [-0.4, -0.2) is 18.4 Å². The van der Waals surface area contributed by atoms with E-state index in [0.717, 1.165) is 25.8 Å². The fourth-order valence-electron chi connectivity index (χ4n) is 0.875. The highest BCUT2D eigenvalue weighted by Crippen LogP contribution is 2.02. The van der Waals surface area contributed by atoms with E-state index in [9.17, 15) is 4.79 Å². The lowest BCUT2D eigenvalue weighted by molar-refractivity contribution is -0.118. The van der Waals surface area contributed by atoms with Gasteiger partial charge >= 0.3 is 0 Å². The van der Waals surface area contributed by atoms with E-state index in [0.29, 0.717) is 0 Å². The highest BCUT2D eigenvalue weighted by Gasteiger charge is 2.10. The van der Waals surface area contributed by atoms with Crippen molar-refractivity contribution < 1.29 is 4.79 Å². The first kappa shape index (κ1) is 12.2. The van der Waals surface area contributed by atoms with E-state index in [1.54, 1.807) is 0 Å². The number of Topliss-reactive ketones (excluding diaryl/α,β-unsaturated/α-hetero) is 1. The Morgan fingerprint density at radius 1 is 1.42 bits per heavy atom. The van der Waals surface area contributed by atoms with Crippen LogP contribution in [0.5, 0.6) is 0 Å². The molecule has 0 amide bonds. The third-order valence-electron chi connectivity index (χ3n) is 1.64. The van der Waals surface area contributed by atoms with Crippen LogP contribution < -0.4 is 9.67 Å². The molecule has 1 atom stereocenters. The first-order valence-electron chi connectivity index (χ1n) is 3.92. The molecule has 0 radical (unpaired) electrons. The Kier molecular flexibility index (Phi) is 7.91. The van der Waals surface area contributed by atoms with Gasteiger partial charge in [0.2, 0.25) is 0 Å². The summed E-state index contributed by atoms with van der Waals surface area (Å²) in [5.74, 6) is 0.0730. The molecule has 0 fully saturated rings. The Labute approximate surface area is 83.0 Å². The summed E-state index contributed by atoms with van der Waals surface area (Å²) in [5, 5.41) is 0. The second kappa shape index (κ2) is 7.80. The van der Waals surface area contributed by atoms with Crippen LogP contribution >= 0.6 is 23.6 Å². The van der Waals surface area contributed by atoms with Gasteiger partial charge in [-0.3, -0.25) is 4.79 Å². The maximum atomic E-state index is 10.9. The molecule has 0 rings (SSSR count). The molecule has 0 saturated heterocycles. The predicted molar refractivity (Wildman–Crippen MR) is 51.2 cm³/mol. The van der Waals surface area contributed by atoms with E-state index >= 15 is 0 Å². The Balaban J connectivity index is 3.38. The average molecular weight is 213 g/mol. The van der Waals surface area contributed by atoms with Crippen LogP contribution in [0.4, 0.5) is 0 Å². The number of hydrogen-bond donors (Lipinski definition) is 2. The normalized spacial score (nSPS) is 12.9. The minimum absolute atomic E-state index is 0.0730. The molecule has 0 bridgehead atoms. The van der Waals surface area contributed by atoms with Crippen LogP contribution in [0.3, 0.4) is 0 Å². The van der Waals surface area contributed by atoms with Crippen molar-refractivity contribution in [3.8, 4) is 0 Å². The van der Waals surface area contributed by atoms with Gasteiger partial charge in [-0.25, -0.2) is 9.67 Å². The number of hydrogen-bond acceptors (Lipinski definition) is 3. The van der Waals surface area contributed by atoms with Crippen LogP contribution in [0, 0.1) is 0 Å². The van der Waals surface area contributed by atoms with E-state index in [2.05, 4.69) is 9.67 Å². The van der Waals surface area contributed by atoms with E-state index in [4.69, 9.17) is 23.6 Å². The van der Waals surface area contributed by atoms with Crippen LogP contribution in [0.1, 0.15) is 26.2 Å². The Bertz CT molecular complexity index is 133. The van der Waals surface area contributed by atoms with Crippen molar-refractivity contribution in [1.82, 2.24) is 9.67 Å². The van der Waals surface area contributed by atoms with Gasteiger partial charge in [-0.1, -0.05) is 6.42 Å². The average Bonchev–Trinajstić information content (AvgIpc) is 2.04. The van der Waals surface area contributed by atoms with Gasteiger partial charge in [0.1, 0.15) is 5.78 Å². The maximum Gasteiger partial charge on any atom is 0.147 e. The van der Waals surface area contributed by atoms with Crippen molar-refractivity contribution in [1.29, 1.82) is 0 Å². The monoisotopic (exact) mass is 212 g/mol. The van der Waals surface area contributed by atoms with Gasteiger partial charge in [0.05, 0.1) is 6.04 Å². The first-order chi connectivity index (χ1) is 5.72. The van der Waals surface area contributed by atoms with Crippen molar-refractivity contribution >= 4 is 29.3 Å². The number of carbonyl (C=O) groups excluding carboxylic acids is 1. The molecule has 0 unspecified atom stereocenters. The van der Waals surface area contributed by atoms with Crippen LogP contribution in [0.25, 0.3) is 0 Å². The zero-order valence-corrected chi connectivity index (χ0v) is 8.58. The highest BCUT2D eigenvalue weighted by molar-refractivity contribution is 6.15. The number of halogens is 2. The van der Waals surface area contributed by atoms with Crippen molar-refractivity contribution in [3.63, 3.8) is 0 Å². The van der Waals surface area contributed by atoms with Crippen molar-refractivity contribution in [2.75, 3.05) is 6.54 Å². The summed E-state index contributed by atoms with van der Waals surface area (Å²) in [4.78, 5) is 15.8.